The van der Waals surface area contributed by atoms with Crippen molar-refractivity contribution in [3.05, 3.63) is 0 Å². The molecule has 1 heterocycles. The standard InChI is InChI=1S/C8H15FO/c1-6(2)7-3-4-10-5-8(7)9/h6-8H,3-5H2,1-2H3/t7-,8+/m1/s1. The quantitative estimate of drug-likeness (QED) is 0.550. The van der Waals surface area contributed by atoms with Gasteiger partial charge in [-0.15, -0.1) is 0 Å². The average Bonchev–Trinajstić information content (AvgIpc) is 1.88. The molecule has 0 aromatic rings. The van der Waals surface area contributed by atoms with Gasteiger partial charge in [-0.3, -0.25) is 0 Å². The number of halogens is 1. The summed E-state index contributed by atoms with van der Waals surface area (Å²) in [5.74, 6) is 0.688. The van der Waals surface area contributed by atoms with Crippen LogP contribution in [0.2, 0.25) is 0 Å². The van der Waals surface area contributed by atoms with Gasteiger partial charge in [-0.25, -0.2) is 4.39 Å². The first kappa shape index (κ1) is 7.99. The Balaban J connectivity index is 2.40. The molecule has 0 N–H and O–H groups in total. The second kappa shape index (κ2) is 3.33. The summed E-state index contributed by atoms with van der Waals surface area (Å²) < 4.78 is 18.0. The minimum Gasteiger partial charge on any atom is -0.378 e. The predicted molar refractivity (Wildman–Crippen MR) is 38.7 cm³/mol. The number of ether oxygens (including phenoxy) is 1. The van der Waals surface area contributed by atoms with E-state index in [-0.39, 0.29) is 5.92 Å². The molecule has 0 aliphatic carbocycles. The number of rotatable bonds is 1. The molecule has 0 aromatic heterocycles. The molecular weight excluding hydrogens is 131 g/mol. The van der Waals surface area contributed by atoms with Gasteiger partial charge in [0.15, 0.2) is 0 Å². The minimum absolute atomic E-state index is 0.230. The van der Waals surface area contributed by atoms with E-state index in [1.54, 1.807) is 0 Å². The SMILES string of the molecule is CC(C)[C@H]1CCOC[C@@H]1F. The fourth-order valence-electron chi connectivity index (χ4n) is 1.47. The highest BCUT2D eigenvalue weighted by Crippen LogP contribution is 2.25. The van der Waals surface area contributed by atoms with E-state index < -0.39 is 6.17 Å². The Kier molecular flexibility index (Phi) is 2.66. The summed E-state index contributed by atoms with van der Waals surface area (Å²) in [5, 5.41) is 0. The van der Waals surface area contributed by atoms with Crippen molar-refractivity contribution in [2.45, 2.75) is 26.4 Å². The molecule has 0 amide bonds. The van der Waals surface area contributed by atoms with Crippen LogP contribution >= 0.6 is 0 Å². The third-order valence-electron chi connectivity index (χ3n) is 2.19. The molecule has 1 aliphatic rings. The molecule has 1 rings (SSSR count). The van der Waals surface area contributed by atoms with E-state index in [9.17, 15) is 4.39 Å². The Hall–Kier alpha value is -0.110. The van der Waals surface area contributed by atoms with Crippen molar-refractivity contribution >= 4 is 0 Å². The van der Waals surface area contributed by atoms with Crippen LogP contribution in [0, 0.1) is 11.8 Å². The van der Waals surface area contributed by atoms with Crippen molar-refractivity contribution in [3.63, 3.8) is 0 Å². The molecule has 2 heteroatoms. The maximum Gasteiger partial charge on any atom is 0.126 e. The molecule has 1 aliphatic heterocycles. The normalized spacial score (nSPS) is 34.8. The lowest BCUT2D eigenvalue weighted by Gasteiger charge is -2.28. The lowest BCUT2D eigenvalue weighted by molar-refractivity contribution is -0.0161. The van der Waals surface area contributed by atoms with Gasteiger partial charge in [0.2, 0.25) is 0 Å². The first-order valence-electron chi connectivity index (χ1n) is 3.93. The Labute approximate surface area is 61.6 Å². The van der Waals surface area contributed by atoms with Crippen LogP contribution in [0.15, 0.2) is 0 Å². The van der Waals surface area contributed by atoms with E-state index in [1.165, 1.54) is 0 Å². The monoisotopic (exact) mass is 146 g/mol. The number of hydrogen-bond acceptors (Lipinski definition) is 1. The zero-order valence-electron chi connectivity index (χ0n) is 6.64. The average molecular weight is 146 g/mol. The molecule has 2 atom stereocenters. The van der Waals surface area contributed by atoms with Crippen molar-refractivity contribution in [1.82, 2.24) is 0 Å². The van der Waals surface area contributed by atoms with Crippen LogP contribution in [-0.4, -0.2) is 19.4 Å². The second-order valence-electron chi connectivity index (χ2n) is 3.29. The summed E-state index contributed by atoms with van der Waals surface area (Å²) in [6, 6.07) is 0. The molecule has 0 saturated carbocycles. The van der Waals surface area contributed by atoms with Crippen LogP contribution in [0.4, 0.5) is 4.39 Å². The van der Waals surface area contributed by atoms with Gasteiger partial charge in [-0.1, -0.05) is 13.8 Å². The zero-order valence-corrected chi connectivity index (χ0v) is 6.64. The molecule has 0 aromatic carbocycles. The van der Waals surface area contributed by atoms with Gasteiger partial charge in [0, 0.05) is 6.61 Å². The highest BCUT2D eigenvalue weighted by molar-refractivity contribution is 4.75. The zero-order chi connectivity index (χ0) is 7.56. The fourth-order valence-corrected chi connectivity index (χ4v) is 1.47. The molecule has 0 spiro atoms. The van der Waals surface area contributed by atoms with Crippen LogP contribution in [0.3, 0.4) is 0 Å². The molecule has 1 saturated heterocycles. The summed E-state index contributed by atoms with van der Waals surface area (Å²) in [6.07, 6.45) is 0.160. The summed E-state index contributed by atoms with van der Waals surface area (Å²) in [7, 11) is 0. The Bertz CT molecular complexity index is 103. The predicted octanol–water partition coefficient (Wildman–Crippen LogP) is 2.02. The molecule has 10 heavy (non-hydrogen) atoms. The molecule has 60 valence electrons. The van der Waals surface area contributed by atoms with E-state index in [0.717, 1.165) is 13.0 Å². The number of hydrogen-bond donors (Lipinski definition) is 0. The largest absolute Gasteiger partial charge is 0.378 e. The summed E-state index contributed by atoms with van der Waals surface area (Å²) >= 11 is 0. The smallest absolute Gasteiger partial charge is 0.126 e. The van der Waals surface area contributed by atoms with Gasteiger partial charge in [0.05, 0.1) is 6.61 Å². The minimum atomic E-state index is -0.728. The van der Waals surface area contributed by atoms with Gasteiger partial charge in [-0.05, 0) is 18.3 Å². The molecular formula is C8H15FO. The fraction of sp³-hybridized carbons (Fsp3) is 1.00. The highest BCUT2D eigenvalue weighted by Gasteiger charge is 2.27. The van der Waals surface area contributed by atoms with Crippen LogP contribution in [-0.2, 0) is 4.74 Å². The first-order chi connectivity index (χ1) is 4.72. The van der Waals surface area contributed by atoms with Crippen molar-refractivity contribution in [1.29, 1.82) is 0 Å². The van der Waals surface area contributed by atoms with Crippen LogP contribution in [0.1, 0.15) is 20.3 Å². The van der Waals surface area contributed by atoms with Gasteiger partial charge in [-0.2, -0.15) is 0 Å². The highest BCUT2D eigenvalue weighted by atomic mass is 19.1. The first-order valence-corrected chi connectivity index (χ1v) is 3.93. The summed E-state index contributed by atoms with van der Waals surface area (Å²) in [4.78, 5) is 0. The van der Waals surface area contributed by atoms with Gasteiger partial charge < -0.3 is 4.74 Å². The van der Waals surface area contributed by atoms with Crippen LogP contribution in [0.25, 0.3) is 0 Å². The second-order valence-corrected chi connectivity index (χ2v) is 3.29. The summed E-state index contributed by atoms with van der Waals surface area (Å²) in [6.45, 7) is 5.19. The summed E-state index contributed by atoms with van der Waals surface area (Å²) in [5.41, 5.74) is 0. The van der Waals surface area contributed by atoms with E-state index in [0.29, 0.717) is 12.5 Å². The maximum absolute atomic E-state index is 13.0. The molecule has 1 fully saturated rings. The van der Waals surface area contributed by atoms with Crippen LogP contribution < -0.4 is 0 Å². The lowest BCUT2D eigenvalue weighted by atomic mass is 9.87. The van der Waals surface area contributed by atoms with E-state index in [1.807, 2.05) is 0 Å². The Morgan fingerprint density at radius 3 is 2.60 bits per heavy atom. The Morgan fingerprint density at radius 1 is 1.50 bits per heavy atom. The lowest BCUT2D eigenvalue weighted by Crippen LogP contribution is -2.32. The van der Waals surface area contributed by atoms with Crippen LogP contribution in [0.5, 0.6) is 0 Å². The van der Waals surface area contributed by atoms with Gasteiger partial charge >= 0.3 is 0 Å². The third-order valence-corrected chi connectivity index (χ3v) is 2.19. The molecule has 0 radical (unpaired) electrons. The van der Waals surface area contributed by atoms with Crippen molar-refractivity contribution in [2.24, 2.45) is 11.8 Å². The van der Waals surface area contributed by atoms with E-state index in [2.05, 4.69) is 13.8 Å². The molecule has 1 nitrogen and oxygen atoms in total. The van der Waals surface area contributed by atoms with Gasteiger partial charge in [0.25, 0.3) is 0 Å². The maximum atomic E-state index is 13.0. The molecule has 0 bridgehead atoms. The van der Waals surface area contributed by atoms with E-state index in [4.69, 9.17) is 4.74 Å². The number of alkyl halides is 1. The topological polar surface area (TPSA) is 9.23 Å². The van der Waals surface area contributed by atoms with E-state index >= 15 is 0 Å². The van der Waals surface area contributed by atoms with Crippen molar-refractivity contribution in [3.8, 4) is 0 Å². The van der Waals surface area contributed by atoms with Crippen molar-refractivity contribution < 1.29 is 9.13 Å². The third kappa shape index (κ3) is 1.69. The van der Waals surface area contributed by atoms with Crippen molar-refractivity contribution in [2.75, 3.05) is 13.2 Å². The molecule has 0 unspecified atom stereocenters. The van der Waals surface area contributed by atoms with Gasteiger partial charge in [0.1, 0.15) is 6.17 Å². The Morgan fingerprint density at radius 2 is 2.20 bits per heavy atom.